The first-order valence-electron chi connectivity index (χ1n) is 19.7. The number of nitrogens with zero attached hydrogens (tertiary/aromatic N) is 7. The van der Waals surface area contributed by atoms with Gasteiger partial charge in [-0.1, -0.05) is 36.4 Å². The number of benzene rings is 3. The average Bonchev–Trinajstić information content (AvgIpc) is 4.02. The predicted octanol–water partition coefficient (Wildman–Crippen LogP) is 2.97. The Hall–Kier alpha value is -7.07. The fraction of sp³-hybridized carbons (Fsp3) is 0.250. The van der Waals surface area contributed by atoms with Crippen molar-refractivity contribution in [3.05, 3.63) is 155 Å². The lowest BCUT2D eigenvalue weighted by atomic mass is 9.89. The van der Waals surface area contributed by atoms with E-state index in [9.17, 15) is 19.2 Å². The van der Waals surface area contributed by atoms with Crippen molar-refractivity contribution in [1.29, 1.82) is 0 Å². The maximum Gasteiger partial charge on any atom is 0.271 e. The zero-order valence-electron chi connectivity index (χ0n) is 32.7. The van der Waals surface area contributed by atoms with Crippen molar-refractivity contribution in [2.45, 2.75) is 57.9 Å². The lowest BCUT2D eigenvalue weighted by molar-refractivity contribution is 0.0736. The molecule has 0 bridgehead atoms. The minimum atomic E-state index is -0.730. The van der Waals surface area contributed by atoms with Gasteiger partial charge in [-0.25, -0.2) is 19.3 Å². The van der Waals surface area contributed by atoms with Gasteiger partial charge in [-0.05, 0) is 66.3 Å². The molecule has 0 radical (unpaired) electrons. The van der Waals surface area contributed by atoms with Crippen molar-refractivity contribution < 1.29 is 23.2 Å². The molecule has 16 heteroatoms. The number of fused-ring (bicyclic) bond motifs is 4. The van der Waals surface area contributed by atoms with Crippen LogP contribution >= 0.6 is 0 Å². The second-order valence-electron chi connectivity index (χ2n) is 15.7. The number of hydrogen-bond acceptors (Lipinski definition) is 8. The maximum atomic E-state index is 16.4. The minimum Gasteiger partial charge on any atom is -0.328 e. The van der Waals surface area contributed by atoms with Gasteiger partial charge in [0.2, 0.25) is 0 Å². The highest BCUT2D eigenvalue weighted by atomic mass is 19.1. The number of amides is 3. The predicted molar refractivity (Wildman–Crippen MR) is 214 cm³/mol. The van der Waals surface area contributed by atoms with E-state index in [1.807, 2.05) is 37.5 Å². The standard InChI is InChI=1S/C44H38F2N10O4/c1-53-18-25-19-55(21-38(25)51-53)44(60)32-15-24(16-37-27-8-4-6-10-29(27)42(58)50-48-37)30(17-35(32)46)40-33-20-56(22-39(33)54(2)52-40)43(59)31-13-23(11-12-34(31)45)14-36-26-7-3-5-9-28(26)41(57)49-47-36/h4,6-13,15,17-18,37,48H,3,5,14,16,19-22H2,1-2H3,(H,49,57)(H,50,58). The Morgan fingerprint density at radius 3 is 2.42 bits per heavy atom. The van der Waals surface area contributed by atoms with Gasteiger partial charge in [0, 0.05) is 65.9 Å². The van der Waals surface area contributed by atoms with Gasteiger partial charge in [-0.3, -0.25) is 34.0 Å². The summed E-state index contributed by atoms with van der Waals surface area (Å²) in [5, 5.41) is 17.4. The van der Waals surface area contributed by atoms with Crippen LogP contribution in [0.15, 0.2) is 65.6 Å². The molecular formula is C44H38F2N10O4. The van der Waals surface area contributed by atoms with Crippen LogP contribution in [0.2, 0.25) is 0 Å². The van der Waals surface area contributed by atoms with Crippen LogP contribution in [0.5, 0.6) is 0 Å². The molecule has 3 aliphatic heterocycles. The minimum absolute atomic E-state index is 0.0720. The summed E-state index contributed by atoms with van der Waals surface area (Å²) in [6, 6.07) is 14.1. The van der Waals surface area contributed by atoms with Crippen LogP contribution in [-0.2, 0) is 53.1 Å². The van der Waals surface area contributed by atoms with Crippen LogP contribution in [0.25, 0.3) is 23.4 Å². The third-order valence-electron chi connectivity index (χ3n) is 11.9. The molecule has 4 aliphatic rings. The number of carbonyl (C=O) groups excluding carboxylic acids is 3. The van der Waals surface area contributed by atoms with Gasteiger partial charge >= 0.3 is 0 Å². The topological polar surface area (TPSA) is 163 Å². The van der Waals surface area contributed by atoms with E-state index in [2.05, 4.69) is 26.1 Å². The molecule has 14 nitrogen and oxygen atoms in total. The number of nitrogens with one attached hydrogen (secondary N) is 3. The molecule has 0 saturated carbocycles. The van der Waals surface area contributed by atoms with Gasteiger partial charge in [-0.2, -0.15) is 15.3 Å². The Bertz CT molecular complexity index is 3000. The van der Waals surface area contributed by atoms with E-state index < -0.39 is 29.5 Å². The second-order valence-corrected chi connectivity index (χ2v) is 15.7. The zero-order chi connectivity index (χ0) is 41.4. The van der Waals surface area contributed by atoms with Crippen LogP contribution in [0.4, 0.5) is 8.78 Å². The normalized spacial score (nSPS) is 16.4. The Kier molecular flexibility index (Phi) is 8.89. The van der Waals surface area contributed by atoms with Gasteiger partial charge in [0.15, 0.2) is 0 Å². The highest BCUT2D eigenvalue weighted by Crippen LogP contribution is 2.38. The number of hydrogen-bond donors (Lipinski definition) is 3. The Morgan fingerprint density at radius 1 is 0.833 bits per heavy atom. The molecule has 1 aliphatic carbocycles. The van der Waals surface area contributed by atoms with Crippen molar-refractivity contribution in [2.75, 3.05) is 0 Å². The second kappa shape index (κ2) is 14.3. The first-order valence-corrected chi connectivity index (χ1v) is 19.7. The molecule has 0 fully saturated rings. The molecule has 6 aromatic rings. The molecule has 0 saturated heterocycles. The Balaban J connectivity index is 0.982. The first-order chi connectivity index (χ1) is 29.0. The molecule has 3 N–H and O–H groups in total. The number of hydrazine groups is 1. The molecule has 0 spiro atoms. The Labute approximate surface area is 340 Å². The van der Waals surface area contributed by atoms with Crippen LogP contribution in [-0.4, -0.2) is 57.3 Å². The van der Waals surface area contributed by atoms with Crippen LogP contribution in [0.3, 0.4) is 0 Å². The molecule has 6 heterocycles. The number of aromatic nitrogens is 6. The van der Waals surface area contributed by atoms with E-state index in [1.165, 1.54) is 23.1 Å². The first kappa shape index (κ1) is 37.2. The van der Waals surface area contributed by atoms with Crippen molar-refractivity contribution in [2.24, 2.45) is 14.1 Å². The van der Waals surface area contributed by atoms with Crippen molar-refractivity contribution in [3.8, 4) is 11.3 Å². The zero-order valence-corrected chi connectivity index (χ0v) is 32.7. The molecule has 3 aromatic heterocycles. The summed E-state index contributed by atoms with van der Waals surface area (Å²) in [6.45, 7) is 0.748. The largest absolute Gasteiger partial charge is 0.328 e. The van der Waals surface area contributed by atoms with Gasteiger partial charge in [0.1, 0.15) is 11.6 Å². The van der Waals surface area contributed by atoms with E-state index in [0.29, 0.717) is 56.7 Å². The summed E-state index contributed by atoms with van der Waals surface area (Å²) in [6.07, 6.45) is 7.76. The number of halogens is 2. The molecule has 60 heavy (non-hydrogen) atoms. The van der Waals surface area contributed by atoms with Gasteiger partial charge in [0.25, 0.3) is 23.3 Å². The van der Waals surface area contributed by atoms with Gasteiger partial charge in [0.05, 0.1) is 59.6 Å². The summed E-state index contributed by atoms with van der Waals surface area (Å²) in [5.41, 5.74) is 12.3. The van der Waals surface area contributed by atoms with Gasteiger partial charge < -0.3 is 9.80 Å². The van der Waals surface area contributed by atoms with E-state index in [0.717, 1.165) is 34.9 Å². The number of aromatic amines is 1. The molecule has 10 rings (SSSR count). The Morgan fingerprint density at radius 2 is 1.60 bits per heavy atom. The van der Waals surface area contributed by atoms with Crippen molar-refractivity contribution in [1.82, 2.24) is 50.4 Å². The SMILES string of the molecule is Cn1cc2c(n1)CN(C(=O)c1cc(CC3NNC(=O)c4ccccc43)c(-c3nn(C)c4c3CN(C(=O)c3cc(Cc5n[nH]c(=O)c6c5=CCCC=6)ccc3F)C4)cc1F)C2. The lowest BCUT2D eigenvalue weighted by Gasteiger charge is -2.28. The van der Waals surface area contributed by atoms with Crippen LogP contribution < -0.4 is 26.8 Å². The van der Waals surface area contributed by atoms with Crippen LogP contribution in [0.1, 0.15) is 94.9 Å². The van der Waals surface area contributed by atoms with E-state index in [-0.39, 0.29) is 55.1 Å². The highest BCUT2D eigenvalue weighted by molar-refractivity contribution is 5.98. The molecule has 3 aromatic carbocycles. The smallest absolute Gasteiger partial charge is 0.271 e. The number of carbonyl (C=O) groups is 3. The quantitative estimate of drug-likeness (QED) is 0.222. The van der Waals surface area contributed by atoms with Crippen LogP contribution in [0, 0.1) is 11.6 Å². The van der Waals surface area contributed by atoms with E-state index in [1.54, 1.807) is 45.6 Å². The number of H-pyrrole nitrogens is 1. The maximum absolute atomic E-state index is 16.4. The summed E-state index contributed by atoms with van der Waals surface area (Å²) in [4.78, 5) is 56.4. The lowest BCUT2D eigenvalue weighted by Crippen LogP contribution is -2.46. The molecule has 1 atom stereocenters. The summed E-state index contributed by atoms with van der Waals surface area (Å²) < 4.78 is 35.3. The van der Waals surface area contributed by atoms with E-state index in [4.69, 9.17) is 5.10 Å². The number of rotatable bonds is 7. The molecule has 3 amide bonds. The highest BCUT2D eigenvalue weighted by Gasteiger charge is 2.35. The van der Waals surface area contributed by atoms with Gasteiger partial charge in [-0.15, -0.1) is 0 Å². The fourth-order valence-corrected chi connectivity index (χ4v) is 8.96. The molecule has 1 unspecified atom stereocenters. The average molecular weight is 809 g/mol. The van der Waals surface area contributed by atoms with E-state index >= 15 is 8.78 Å². The fourth-order valence-electron chi connectivity index (χ4n) is 8.96. The third-order valence-corrected chi connectivity index (χ3v) is 11.9. The summed E-state index contributed by atoms with van der Waals surface area (Å²) in [5.74, 6) is -2.69. The monoisotopic (exact) mass is 808 g/mol. The number of aryl methyl sites for hydroxylation is 2. The van der Waals surface area contributed by atoms with Crippen molar-refractivity contribution >= 4 is 29.9 Å². The third kappa shape index (κ3) is 6.30. The van der Waals surface area contributed by atoms with Crippen molar-refractivity contribution in [3.63, 3.8) is 0 Å². The molecular weight excluding hydrogens is 771 g/mol. The summed E-state index contributed by atoms with van der Waals surface area (Å²) >= 11 is 0. The summed E-state index contributed by atoms with van der Waals surface area (Å²) in [7, 11) is 3.55. The molecule has 302 valence electrons.